The molecule has 0 bridgehead atoms. The van der Waals surface area contributed by atoms with Gasteiger partial charge in [0.1, 0.15) is 0 Å². The molecule has 0 spiro atoms. The molecule has 138 valence electrons. The Labute approximate surface area is 152 Å². The van der Waals surface area contributed by atoms with Crippen LogP contribution in [-0.2, 0) is 32.8 Å². The smallest absolute Gasteiger partial charge is 0.241 e. The lowest BCUT2D eigenvalue weighted by molar-refractivity contribution is -0.120. The molecule has 0 aliphatic carbocycles. The van der Waals surface area contributed by atoms with E-state index in [9.17, 15) is 13.2 Å². The summed E-state index contributed by atoms with van der Waals surface area (Å²) in [5.41, 5.74) is 8.74. The van der Waals surface area contributed by atoms with Gasteiger partial charge in [-0.05, 0) is 28.8 Å². The minimum atomic E-state index is -3.77. The standard InChI is InChI=1S/C18H21N3O4S/c19-17(13-4-2-1-3-5-13)9-20-18(22)10-21-26(23,24)16-7-6-14-11-25-12-15(14)8-16/h1-8,17,21H,9-12,19H2,(H,20,22). The van der Waals surface area contributed by atoms with Gasteiger partial charge in [-0.3, -0.25) is 4.79 Å². The van der Waals surface area contributed by atoms with Crippen LogP contribution in [0.5, 0.6) is 0 Å². The van der Waals surface area contributed by atoms with E-state index in [1.54, 1.807) is 12.1 Å². The number of nitrogens with two attached hydrogens (primary N) is 1. The lowest BCUT2D eigenvalue weighted by Gasteiger charge is -2.13. The number of fused-ring (bicyclic) bond motifs is 1. The molecule has 0 saturated carbocycles. The third-order valence-corrected chi connectivity index (χ3v) is 5.57. The van der Waals surface area contributed by atoms with Crippen molar-refractivity contribution in [1.82, 2.24) is 10.0 Å². The molecule has 1 amide bonds. The zero-order valence-corrected chi connectivity index (χ0v) is 15.0. The fraction of sp³-hybridized carbons (Fsp3) is 0.278. The van der Waals surface area contributed by atoms with Crippen molar-refractivity contribution in [1.29, 1.82) is 0 Å². The number of nitrogens with one attached hydrogen (secondary N) is 2. The van der Waals surface area contributed by atoms with Crippen LogP contribution < -0.4 is 15.8 Å². The topological polar surface area (TPSA) is 111 Å². The first-order chi connectivity index (χ1) is 12.5. The molecule has 0 aromatic heterocycles. The van der Waals surface area contributed by atoms with Crippen LogP contribution in [0.2, 0.25) is 0 Å². The lowest BCUT2D eigenvalue weighted by atomic mass is 10.1. The highest BCUT2D eigenvalue weighted by molar-refractivity contribution is 7.89. The number of carbonyl (C=O) groups is 1. The highest BCUT2D eigenvalue weighted by Gasteiger charge is 2.19. The Kier molecular flexibility index (Phi) is 5.67. The molecule has 2 aromatic carbocycles. The Bertz CT molecular complexity index is 885. The maximum atomic E-state index is 12.3. The summed E-state index contributed by atoms with van der Waals surface area (Å²) in [6.45, 7) is 0.766. The van der Waals surface area contributed by atoms with Crippen molar-refractivity contribution in [2.24, 2.45) is 5.73 Å². The van der Waals surface area contributed by atoms with E-state index in [1.807, 2.05) is 30.3 Å². The molecule has 0 fully saturated rings. The van der Waals surface area contributed by atoms with Gasteiger partial charge in [-0.15, -0.1) is 0 Å². The molecule has 4 N–H and O–H groups in total. The van der Waals surface area contributed by atoms with E-state index in [4.69, 9.17) is 10.5 Å². The zero-order valence-electron chi connectivity index (χ0n) is 14.1. The number of hydrogen-bond donors (Lipinski definition) is 3. The minimum absolute atomic E-state index is 0.121. The van der Waals surface area contributed by atoms with Crippen LogP contribution in [0.3, 0.4) is 0 Å². The molecule has 1 aliphatic heterocycles. The normalized spacial score (nSPS) is 14.7. The van der Waals surface area contributed by atoms with E-state index in [0.29, 0.717) is 13.2 Å². The van der Waals surface area contributed by atoms with Crippen LogP contribution in [0.25, 0.3) is 0 Å². The second-order valence-electron chi connectivity index (χ2n) is 6.07. The molecule has 1 atom stereocenters. The summed E-state index contributed by atoms with van der Waals surface area (Å²) in [4.78, 5) is 12.1. The molecule has 1 heterocycles. The summed E-state index contributed by atoms with van der Waals surface area (Å²) in [6, 6.07) is 13.8. The molecular weight excluding hydrogens is 354 g/mol. The van der Waals surface area contributed by atoms with Crippen molar-refractivity contribution in [2.45, 2.75) is 24.2 Å². The third kappa shape index (κ3) is 4.47. The molecule has 3 rings (SSSR count). The SMILES string of the molecule is NC(CNC(=O)CNS(=O)(=O)c1ccc2c(c1)COC2)c1ccccc1. The molecule has 8 heteroatoms. The van der Waals surface area contributed by atoms with Crippen LogP contribution >= 0.6 is 0 Å². The molecular formula is C18H21N3O4S. The van der Waals surface area contributed by atoms with E-state index >= 15 is 0 Å². The summed E-state index contributed by atoms with van der Waals surface area (Å²) in [5.74, 6) is -0.440. The summed E-state index contributed by atoms with van der Waals surface area (Å²) in [7, 11) is -3.77. The average Bonchev–Trinajstić information content (AvgIpc) is 3.13. The van der Waals surface area contributed by atoms with Gasteiger partial charge >= 0.3 is 0 Å². The number of rotatable bonds is 7. The number of sulfonamides is 1. The van der Waals surface area contributed by atoms with E-state index < -0.39 is 15.9 Å². The zero-order chi connectivity index (χ0) is 18.6. The van der Waals surface area contributed by atoms with Gasteiger partial charge in [0, 0.05) is 12.6 Å². The number of amides is 1. The predicted molar refractivity (Wildman–Crippen MR) is 96.5 cm³/mol. The van der Waals surface area contributed by atoms with Gasteiger partial charge in [0.2, 0.25) is 15.9 Å². The quantitative estimate of drug-likeness (QED) is 0.663. The van der Waals surface area contributed by atoms with Gasteiger partial charge in [-0.1, -0.05) is 36.4 Å². The summed E-state index contributed by atoms with van der Waals surface area (Å²) in [6.07, 6.45) is 0. The second kappa shape index (κ2) is 7.96. The van der Waals surface area contributed by atoms with E-state index in [2.05, 4.69) is 10.0 Å². The Morgan fingerprint density at radius 1 is 1.12 bits per heavy atom. The van der Waals surface area contributed by atoms with Crippen molar-refractivity contribution < 1.29 is 17.9 Å². The van der Waals surface area contributed by atoms with Crippen LogP contribution in [0.1, 0.15) is 22.7 Å². The average molecular weight is 375 g/mol. The Morgan fingerprint density at radius 3 is 2.62 bits per heavy atom. The maximum Gasteiger partial charge on any atom is 0.241 e. The highest BCUT2D eigenvalue weighted by atomic mass is 32.2. The summed E-state index contributed by atoms with van der Waals surface area (Å²) < 4.78 is 32.3. The number of hydrogen-bond acceptors (Lipinski definition) is 5. The number of ether oxygens (including phenoxy) is 1. The first-order valence-electron chi connectivity index (χ1n) is 8.22. The predicted octanol–water partition coefficient (Wildman–Crippen LogP) is 0.811. The molecule has 1 aliphatic rings. The minimum Gasteiger partial charge on any atom is -0.372 e. The second-order valence-corrected chi connectivity index (χ2v) is 7.84. The molecule has 2 aromatic rings. The van der Waals surface area contributed by atoms with Crippen molar-refractivity contribution in [3.05, 3.63) is 65.2 Å². The van der Waals surface area contributed by atoms with Gasteiger partial charge in [0.25, 0.3) is 0 Å². The van der Waals surface area contributed by atoms with Crippen molar-refractivity contribution in [3.8, 4) is 0 Å². The van der Waals surface area contributed by atoms with Crippen LogP contribution in [0, 0.1) is 0 Å². The Hall–Kier alpha value is -2.26. The first-order valence-corrected chi connectivity index (χ1v) is 9.70. The third-order valence-electron chi connectivity index (χ3n) is 4.17. The monoisotopic (exact) mass is 375 g/mol. The van der Waals surface area contributed by atoms with Crippen molar-refractivity contribution >= 4 is 15.9 Å². The van der Waals surface area contributed by atoms with Gasteiger partial charge in [-0.25, -0.2) is 13.1 Å². The Morgan fingerprint density at radius 2 is 1.85 bits per heavy atom. The highest BCUT2D eigenvalue weighted by Crippen LogP contribution is 2.22. The van der Waals surface area contributed by atoms with Gasteiger partial charge in [0.05, 0.1) is 24.7 Å². The molecule has 0 saturated heterocycles. The van der Waals surface area contributed by atoms with E-state index in [1.165, 1.54) is 6.07 Å². The molecule has 7 nitrogen and oxygen atoms in total. The molecule has 26 heavy (non-hydrogen) atoms. The van der Waals surface area contributed by atoms with Gasteiger partial charge in [0.15, 0.2) is 0 Å². The largest absolute Gasteiger partial charge is 0.372 e. The van der Waals surface area contributed by atoms with Crippen LogP contribution in [-0.4, -0.2) is 27.4 Å². The van der Waals surface area contributed by atoms with E-state index in [-0.39, 0.29) is 24.0 Å². The van der Waals surface area contributed by atoms with Crippen LogP contribution in [0.4, 0.5) is 0 Å². The van der Waals surface area contributed by atoms with E-state index in [0.717, 1.165) is 16.7 Å². The fourth-order valence-electron chi connectivity index (χ4n) is 2.66. The maximum absolute atomic E-state index is 12.3. The first kappa shape index (κ1) is 18.5. The van der Waals surface area contributed by atoms with Gasteiger partial charge < -0.3 is 15.8 Å². The molecule has 1 unspecified atom stereocenters. The van der Waals surface area contributed by atoms with Crippen molar-refractivity contribution in [2.75, 3.05) is 13.1 Å². The van der Waals surface area contributed by atoms with Crippen LogP contribution in [0.15, 0.2) is 53.4 Å². The van der Waals surface area contributed by atoms with Gasteiger partial charge in [-0.2, -0.15) is 0 Å². The lowest BCUT2D eigenvalue weighted by Crippen LogP contribution is -2.39. The fourth-order valence-corrected chi connectivity index (χ4v) is 3.70. The number of benzene rings is 2. The Balaban J connectivity index is 1.52. The van der Waals surface area contributed by atoms with Crippen molar-refractivity contribution in [3.63, 3.8) is 0 Å². The number of carbonyl (C=O) groups excluding carboxylic acids is 1. The summed E-state index contributed by atoms with van der Waals surface area (Å²) >= 11 is 0. The summed E-state index contributed by atoms with van der Waals surface area (Å²) in [5, 5.41) is 2.64. The molecule has 0 radical (unpaired) electrons.